The molecular formula is C21H23N3O2. The molecule has 3 saturated heterocycles. The van der Waals surface area contributed by atoms with Gasteiger partial charge in [-0.3, -0.25) is 9.78 Å². The van der Waals surface area contributed by atoms with Crippen LogP contribution in [0.2, 0.25) is 0 Å². The number of fused-ring (bicyclic) bond motifs is 4. The van der Waals surface area contributed by atoms with Crippen molar-refractivity contribution in [1.82, 2.24) is 15.2 Å². The molecule has 1 aromatic heterocycles. The van der Waals surface area contributed by atoms with Gasteiger partial charge in [0.05, 0.1) is 0 Å². The Hall–Kier alpha value is -2.40. The van der Waals surface area contributed by atoms with Crippen molar-refractivity contribution >= 4 is 5.91 Å². The molecule has 5 nitrogen and oxygen atoms in total. The number of rotatable bonds is 3. The highest BCUT2D eigenvalue weighted by molar-refractivity contribution is 5.84. The molecule has 1 aromatic carbocycles. The first kappa shape index (κ1) is 15.8. The van der Waals surface area contributed by atoms with E-state index in [1.54, 1.807) is 6.20 Å². The van der Waals surface area contributed by atoms with Gasteiger partial charge in [0, 0.05) is 42.5 Å². The summed E-state index contributed by atoms with van der Waals surface area (Å²) in [7, 11) is 0. The second-order valence-electron chi connectivity index (χ2n) is 7.60. The number of amides is 1. The number of benzene rings is 1. The molecule has 0 saturated carbocycles. The van der Waals surface area contributed by atoms with Crippen LogP contribution in [0.1, 0.15) is 18.4 Å². The number of hydrogen-bond acceptors (Lipinski definition) is 4. The molecule has 3 fully saturated rings. The first-order chi connectivity index (χ1) is 12.8. The molecule has 2 bridgehead atoms. The van der Waals surface area contributed by atoms with Crippen molar-refractivity contribution in [3.8, 4) is 16.9 Å². The van der Waals surface area contributed by atoms with Gasteiger partial charge in [-0.2, -0.15) is 0 Å². The Balaban J connectivity index is 1.32. The molecule has 4 aliphatic rings. The van der Waals surface area contributed by atoms with Crippen LogP contribution >= 0.6 is 0 Å². The van der Waals surface area contributed by atoms with Gasteiger partial charge in [0.2, 0.25) is 0 Å². The summed E-state index contributed by atoms with van der Waals surface area (Å²) >= 11 is 0. The van der Waals surface area contributed by atoms with E-state index < -0.39 is 6.10 Å². The predicted molar refractivity (Wildman–Crippen MR) is 98.9 cm³/mol. The lowest BCUT2D eigenvalue weighted by atomic mass is 9.84. The smallest absolute Gasteiger partial charge is 0.261 e. The van der Waals surface area contributed by atoms with Crippen molar-refractivity contribution in [2.24, 2.45) is 5.92 Å². The minimum Gasteiger partial charge on any atom is -0.479 e. The fourth-order valence-corrected chi connectivity index (χ4v) is 4.57. The molecule has 0 spiro atoms. The highest BCUT2D eigenvalue weighted by Crippen LogP contribution is 2.38. The van der Waals surface area contributed by atoms with Crippen molar-refractivity contribution in [3.63, 3.8) is 0 Å². The molecule has 1 N–H and O–H groups in total. The van der Waals surface area contributed by atoms with Gasteiger partial charge in [0.15, 0.2) is 6.10 Å². The fraction of sp³-hybridized carbons (Fsp3) is 0.429. The van der Waals surface area contributed by atoms with Crippen molar-refractivity contribution in [2.75, 3.05) is 19.6 Å². The number of para-hydroxylation sites is 1. The number of ether oxygens (including phenoxy) is 1. The van der Waals surface area contributed by atoms with Gasteiger partial charge >= 0.3 is 0 Å². The van der Waals surface area contributed by atoms with Gasteiger partial charge in [-0.05, 0) is 43.5 Å². The lowest BCUT2D eigenvalue weighted by molar-refractivity contribution is -0.129. The van der Waals surface area contributed by atoms with E-state index in [4.69, 9.17) is 4.74 Å². The van der Waals surface area contributed by atoms with E-state index in [1.165, 1.54) is 25.9 Å². The third-order valence-electron chi connectivity index (χ3n) is 6.01. The van der Waals surface area contributed by atoms with Crippen LogP contribution in [0.25, 0.3) is 11.1 Å². The Morgan fingerprint density at radius 3 is 2.81 bits per heavy atom. The summed E-state index contributed by atoms with van der Waals surface area (Å²) < 4.78 is 6.12. The average molecular weight is 349 g/mol. The number of pyridine rings is 1. The third-order valence-corrected chi connectivity index (χ3v) is 6.01. The third kappa shape index (κ3) is 2.76. The number of piperidine rings is 3. The molecule has 0 aliphatic carbocycles. The SMILES string of the molecule is O=C(NC1CN2CCC1CC2)C1Cc2cccc(-c3cccnc3)c2O1. The monoisotopic (exact) mass is 349 g/mol. The highest BCUT2D eigenvalue weighted by Gasteiger charge is 2.38. The molecular weight excluding hydrogens is 326 g/mol. The summed E-state index contributed by atoms with van der Waals surface area (Å²) in [5.41, 5.74) is 3.12. The average Bonchev–Trinajstić information content (AvgIpc) is 3.14. The van der Waals surface area contributed by atoms with Gasteiger partial charge < -0.3 is 15.0 Å². The largest absolute Gasteiger partial charge is 0.479 e. The van der Waals surface area contributed by atoms with Crippen molar-refractivity contribution < 1.29 is 9.53 Å². The second kappa shape index (κ2) is 6.40. The van der Waals surface area contributed by atoms with E-state index in [-0.39, 0.29) is 11.9 Å². The Morgan fingerprint density at radius 1 is 1.19 bits per heavy atom. The van der Waals surface area contributed by atoms with Crippen molar-refractivity contribution in [1.29, 1.82) is 0 Å². The summed E-state index contributed by atoms with van der Waals surface area (Å²) in [5.74, 6) is 1.48. The van der Waals surface area contributed by atoms with Crippen molar-refractivity contribution in [2.45, 2.75) is 31.4 Å². The van der Waals surface area contributed by atoms with E-state index >= 15 is 0 Å². The maximum absolute atomic E-state index is 12.8. The van der Waals surface area contributed by atoms with Gasteiger partial charge in [-0.1, -0.05) is 24.3 Å². The maximum atomic E-state index is 12.8. The lowest BCUT2D eigenvalue weighted by Gasteiger charge is -2.45. The molecule has 5 heteroatoms. The summed E-state index contributed by atoms with van der Waals surface area (Å²) in [5, 5.41) is 3.27. The maximum Gasteiger partial charge on any atom is 0.261 e. The van der Waals surface area contributed by atoms with Gasteiger partial charge in [0.1, 0.15) is 5.75 Å². The van der Waals surface area contributed by atoms with Crippen LogP contribution in [0, 0.1) is 5.92 Å². The Morgan fingerprint density at radius 2 is 2.08 bits per heavy atom. The van der Waals surface area contributed by atoms with E-state index in [0.29, 0.717) is 12.3 Å². The molecule has 134 valence electrons. The molecule has 0 radical (unpaired) electrons. The van der Waals surface area contributed by atoms with Crippen LogP contribution in [-0.2, 0) is 11.2 Å². The minimum atomic E-state index is -0.432. The number of carbonyl (C=O) groups is 1. The quantitative estimate of drug-likeness (QED) is 0.924. The normalized spacial score (nSPS) is 29.1. The second-order valence-corrected chi connectivity index (χ2v) is 7.60. The summed E-state index contributed by atoms with van der Waals surface area (Å²) in [4.78, 5) is 19.5. The van der Waals surface area contributed by atoms with Crippen LogP contribution in [0.5, 0.6) is 5.75 Å². The van der Waals surface area contributed by atoms with Gasteiger partial charge in [-0.25, -0.2) is 0 Å². The molecule has 5 heterocycles. The minimum absolute atomic E-state index is 0.0251. The number of nitrogens with zero attached hydrogens (tertiary/aromatic N) is 2. The van der Waals surface area contributed by atoms with E-state index in [9.17, 15) is 4.79 Å². The number of aromatic nitrogens is 1. The van der Waals surface area contributed by atoms with E-state index in [2.05, 4.69) is 21.3 Å². The zero-order valence-electron chi connectivity index (χ0n) is 14.7. The van der Waals surface area contributed by atoms with Crippen LogP contribution in [0.3, 0.4) is 0 Å². The molecule has 4 aliphatic heterocycles. The zero-order chi connectivity index (χ0) is 17.5. The Labute approximate surface area is 153 Å². The molecule has 2 unspecified atom stereocenters. The van der Waals surface area contributed by atoms with Gasteiger partial charge in [0.25, 0.3) is 5.91 Å². The lowest BCUT2D eigenvalue weighted by Crippen LogP contribution is -2.58. The molecule has 6 rings (SSSR count). The van der Waals surface area contributed by atoms with Crippen molar-refractivity contribution in [3.05, 3.63) is 48.3 Å². The van der Waals surface area contributed by atoms with Gasteiger partial charge in [-0.15, -0.1) is 0 Å². The first-order valence-corrected chi connectivity index (χ1v) is 9.49. The predicted octanol–water partition coefficient (Wildman–Crippen LogP) is 2.26. The van der Waals surface area contributed by atoms with E-state index in [1.807, 2.05) is 30.5 Å². The topological polar surface area (TPSA) is 54.5 Å². The highest BCUT2D eigenvalue weighted by atomic mass is 16.5. The Kier molecular flexibility index (Phi) is 3.89. The Bertz CT molecular complexity index is 815. The molecule has 26 heavy (non-hydrogen) atoms. The van der Waals surface area contributed by atoms with E-state index in [0.717, 1.165) is 29.0 Å². The summed E-state index contributed by atoms with van der Waals surface area (Å²) in [6, 6.07) is 10.3. The van der Waals surface area contributed by atoms with Crippen LogP contribution < -0.4 is 10.1 Å². The number of nitrogens with one attached hydrogen (secondary N) is 1. The first-order valence-electron chi connectivity index (χ1n) is 9.49. The molecule has 2 atom stereocenters. The zero-order valence-corrected chi connectivity index (χ0v) is 14.7. The van der Waals surface area contributed by atoms with Crippen LogP contribution in [0.15, 0.2) is 42.7 Å². The summed E-state index contributed by atoms with van der Waals surface area (Å²) in [6.07, 6.45) is 6.19. The molecule has 1 amide bonds. The van der Waals surface area contributed by atoms with Crippen LogP contribution in [-0.4, -0.2) is 47.6 Å². The summed E-state index contributed by atoms with van der Waals surface area (Å²) in [6.45, 7) is 3.34. The number of hydrogen-bond donors (Lipinski definition) is 1. The standard InChI is InChI=1S/C21H23N3O2/c25-21(23-18-13-24-9-6-14(18)7-10-24)19-11-15-3-1-5-17(20(15)26-19)16-4-2-8-22-12-16/h1-5,8,12,14,18-19H,6-7,9-11,13H2,(H,23,25). The number of carbonyl (C=O) groups excluding carboxylic acids is 1. The fourth-order valence-electron chi connectivity index (χ4n) is 4.57. The van der Waals surface area contributed by atoms with Crippen LogP contribution in [0.4, 0.5) is 0 Å². The molecule has 2 aromatic rings.